The minimum absolute atomic E-state index is 0.334. The highest BCUT2D eigenvalue weighted by molar-refractivity contribution is 7.81. The first-order chi connectivity index (χ1) is 7.36. The Morgan fingerprint density at radius 3 is 2.12 bits per heavy atom. The van der Waals surface area contributed by atoms with E-state index < -0.39 is 41.9 Å². The lowest BCUT2D eigenvalue weighted by atomic mass is 10.1. The first kappa shape index (κ1) is 14.6. The van der Waals surface area contributed by atoms with E-state index in [2.05, 4.69) is 12.6 Å². The Balaban J connectivity index is 5.27. The van der Waals surface area contributed by atoms with Gasteiger partial charge in [-0.05, 0) is 0 Å². The fourth-order valence-corrected chi connectivity index (χ4v) is 1.25. The molecule has 90 valence electrons. The third-order valence-electron chi connectivity index (χ3n) is 1.74. The zero-order chi connectivity index (χ0) is 12.9. The van der Waals surface area contributed by atoms with Gasteiger partial charge in [-0.3, -0.25) is 19.3 Å². The van der Waals surface area contributed by atoms with Crippen molar-refractivity contribution in [3.63, 3.8) is 0 Å². The van der Waals surface area contributed by atoms with E-state index in [1.165, 1.54) is 0 Å². The van der Waals surface area contributed by atoms with Gasteiger partial charge < -0.3 is 10.8 Å². The van der Waals surface area contributed by atoms with Crippen molar-refractivity contribution in [3.05, 3.63) is 0 Å². The molecule has 0 saturated carbocycles. The van der Waals surface area contributed by atoms with Crippen LogP contribution in [-0.2, 0) is 19.2 Å². The number of aliphatic carboxylic acids is 1. The predicted octanol–water partition coefficient (Wildman–Crippen LogP) is -1.73. The second-order valence-electron chi connectivity index (χ2n) is 2.85. The number of carbonyl (C=O) groups is 4. The molecule has 0 bridgehead atoms. The van der Waals surface area contributed by atoms with Crippen LogP contribution in [0.1, 0.15) is 6.92 Å². The van der Waals surface area contributed by atoms with Crippen molar-refractivity contribution in [3.8, 4) is 0 Å². The monoisotopic (exact) mass is 248 g/mol. The van der Waals surface area contributed by atoms with Crippen molar-refractivity contribution in [2.45, 2.75) is 13.0 Å². The molecule has 8 heteroatoms. The van der Waals surface area contributed by atoms with Crippen molar-refractivity contribution < 1.29 is 24.3 Å². The van der Waals surface area contributed by atoms with E-state index >= 15 is 0 Å². The number of hydrogen-bond donors (Lipinski definition) is 3. The van der Waals surface area contributed by atoms with Crippen LogP contribution < -0.4 is 5.73 Å². The van der Waals surface area contributed by atoms with Crippen molar-refractivity contribution in [2.75, 3.05) is 12.3 Å². The Hall–Kier alpha value is -1.41. The maximum absolute atomic E-state index is 11.3. The van der Waals surface area contributed by atoms with Gasteiger partial charge in [0.1, 0.15) is 0 Å². The Bertz CT molecular complexity index is 298. The molecule has 1 unspecified atom stereocenters. The van der Waals surface area contributed by atoms with Crippen LogP contribution in [0.25, 0.3) is 0 Å². The van der Waals surface area contributed by atoms with Gasteiger partial charge in [0.2, 0.25) is 11.8 Å². The summed E-state index contributed by atoms with van der Waals surface area (Å²) in [6, 6.07) is -1.86. The molecule has 0 saturated heterocycles. The van der Waals surface area contributed by atoms with Gasteiger partial charge in [0.25, 0.3) is 0 Å². The molecule has 0 aromatic rings. The number of carboxylic acid groups (broad SMARTS) is 1. The van der Waals surface area contributed by atoms with Crippen LogP contribution in [0.4, 0.5) is 0 Å². The van der Waals surface area contributed by atoms with Crippen molar-refractivity contribution in [1.82, 2.24) is 4.90 Å². The highest BCUT2D eigenvalue weighted by Gasteiger charge is 2.37. The molecular weight excluding hydrogens is 236 g/mol. The second kappa shape index (κ2) is 6.23. The zero-order valence-electron chi connectivity index (χ0n) is 8.54. The van der Waals surface area contributed by atoms with Crippen molar-refractivity contribution >= 4 is 36.2 Å². The van der Waals surface area contributed by atoms with Gasteiger partial charge >= 0.3 is 5.97 Å². The lowest BCUT2D eigenvalue weighted by Crippen LogP contribution is -2.54. The fraction of sp³-hybridized carbons (Fsp3) is 0.500. The molecule has 0 aliphatic rings. The molecule has 1 atom stereocenters. The molecule has 0 fully saturated rings. The van der Waals surface area contributed by atoms with Crippen LogP contribution in [-0.4, -0.2) is 51.9 Å². The minimum atomic E-state index is -1.86. The van der Waals surface area contributed by atoms with Gasteiger partial charge in [-0.25, -0.2) is 4.79 Å². The number of hydrogen-bond acceptors (Lipinski definition) is 6. The summed E-state index contributed by atoms with van der Waals surface area (Å²) in [6.07, 6.45) is 0. The number of carbonyl (C=O) groups excluding carboxylic acids is 3. The van der Waals surface area contributed by atoms with Crippen LogP contribution in [0, 0.1) is 0 Å². The number of ketones is 1. The van der Waals surface area contributed by atoms with Crippen LogP contribution >= 0.6 is 12.6 Å². The van der Waals surface area contributed by atoms with Crippen LogP contribution in [0.15, 0.2) is 0 Å². The summed E-state index contributed by atoms with van der Waals surface area (Å²) in [5, 5.41) is 8.80. The topological polar surface area (TPSA) is 118 Å². The van der Waals surface area contributed by atoms with E-state index in [-0.39, 0.29) is 0 Å². The number of imide groups is 1. The van der Waals surface area contributed by atoms with Crippen molar-refractivity contribution in [2.24, 2.45) is 5.73 Å². The molecule has 0 aromatic carbocycles. The number of Topliss-reactive ketones (excluding diaryl/α,β-unsaturated/α-hetero) is 1. The molecule has 7 nitrogen and oxygen atoms in total. The highest BCUT2D eigenvalue weighted by Crippen LogP contribution is 2.04. The molecule has 3 N–H and O–H groups in total. The predicted molar refractivity (Wildman–Crippen MR) is 56.9 cm³/mol. The lowest BCUT2D eigenvalue weighted by molar-refractivity contribution is -0.159. The third-order valence-corrected chi connectivity index (χ3v) is 2.05. The number of rotatable bonds is 5. The summed E-state index contributed by atoms with van der Waals surface area (Å²) < 4.78 is 0. The van der Waals surface area contributed by atoms with Crippen LogP contribution in [0.3, 0.4) is 0 Å². The molecule has 0 aliphatic carbocycles. The summed E-state index contributed by atoms with van der Waals surface area (Å²) in [5.41, 5.74) is 5.02. The average Bonchev–Trinajstić information content (AvgIpc) is 2.22. The summed E-state index contributed by atoms with van der Waals surface area (Å²) in [4.78, 5) is 44.8. The van der Waals surface area contributed by atoms with Crippen LogP contribution in [0.5, 0.6) is 0 Å². The van der Waals surface area contributed by atoms with E-state index in [0.29, 0.717) is 4.90 Å². The van der Waals surface area contributed by atoms with E-state index in [1.54, 1.807) is 0 Å². The maximum atomic E-state index is 11.3. The number of carboxylic acids is 1. The first-order valence-electron chi connectivity index (χ1n) is 4.25. The number of amides is 2. The maximum Gasteiger partial charge on any atom is 0.334 e. The Morgan fingerprint density at radius 1 is 1.38 bits per heavy atom. The van der Waals surface area contributed by atoms with Gasteiger partial charge in [0.05, 0.1) is 12.3 Å². The van der Waals surface area contributed by atoms with Gasteiger partial charge in [-0.2, -0.15) is 12.6 Å². The van der Waals surface area contributed by atoms with Crippen LogP contribution in [0.2, 0.25) is 0 Å². The normalized spacial score (nSPS) is 11.7. The van der Waals surface area contributed by atoms with Gasteiger partial charge in [-0.1, -0.05) is 0 Å². The summed E-state index contributed by atoms with van der Waals surface area (Å²) in [7, 11) is 0. The quantitative estimate of drug-likeness (QED) is 0.393. The Labute approximate surface area is 97.0 Å². The zero-order valence-corrected chi connectivity index (χ0v) is 9.44. The molecular formula is C8H12N2O5S. The molecule has 0 radical (unpaired) electrons. The molecule has 0 rings (SSSR count). The third kappa shape index (κ3) is 3.31. The Morgan fingerprint density at radius 2 is 1.88 bits per heavy atom. The average molecular weight is 248 g/mol. The molecule has 16 heavy (non-hydrogen) atoms. The molecule has 0 aliphatic heterocycles. The fourth-order valence-electron chi connectivity index (χ4n) is 1.08. The van der Waals surface area contributed by atoms with E-state index in [1.807, 2.05) is 0 Å². The molecule has 0 heterocycles. The van der Waals surface area contributed by atoms with Gasteiger partial charge in [0.15, 0.2) is 11.8 Å². The highest BCUT2D eigenvalue weighted by atomic mass is 32.1. The van der Waals surface area contributed by atoms with E-state index in [4.69, 9.17) is 10.8 Å². The SMILES string of the molecule is CC(=O)N(C(=O)CN)C(C(=O)O)C(=O)CS. The Kier molecular flexibility index (Phi) is 5.68. The van der Waals surface area contributed by atoms with Crippen molar-refractivity contribution in [1.29, 1.82) is 0 Å². The standard InChI is InChI=1S/C8H12N2O5S/c1-4(11)10(6(13)2-9)7(8(14)15)5(12)3-16/h7,16H,2-3,9H2,1H3,(H,14,15). The first-order valence-corrected chi connectivity index (χ1v) is 4.89. The molecule has 0 spiro atoms. The largest absolute Gasteiger partial charge is 0.479 e. The second-order valence-corrected chi connectivity index (χ2v) is 3.17. The molecule has 2 amide bonds. The van der Waals surface area contributed by atoms with Gasteiger partial charge in [-0.15, -0.1) is 0 Å². The molecule has 0 aromatic heterocycles. The number of thiol groups is 1. The smallest absolute Gasteiger partial charge is 0.334 e. The van der Waals surface area contributed by atoms with Gasteiger partial charge in [0, 0.05) is 6.92 Å². The lowest BCUT2D eigenvalue weighted by Gasteiger charge is -2.23. The van der Waals surface area contributed by atoms with E-state index in [9.17, 15) is 19.2 Å². The number of nitrogens with two attached hydrogens (primary N) is 1. The summed E-state index contributed by atoms with van der Waals surface area (Å²) in [6.45, 7) is 0.429. The van der Waals surface area contributed by atoms with E-state index in [0.717, 1.165) is 6.92 Å². The summed E-state index contributed by atoms with van der Waals surface area (Å²) >= 11 is 3.62. The number of nitrogens with zero attached hydrogens (tertiary/aromatic N) is 1. The minimum Gasteiger partial charge on any atom is -0.479 e. The summed E-state index contributed by atoms with van der Waals surface area (Å²) in [5.74, 6) is -4.60.